The van der Waals surface area contributed by atoms with Crippen LogP contribution < -0.4 is 5.32 Å². The van der Waals surface area contributed by atoms with Crippen LogP contribution in [0.3, 0.4) is 0 Å². The minimum Gasteiger partial charge on any atom is -0.358 e. The maximum atomic E-state index is 14.4. The second-order valence-corrected chi connectivity index (χ2v) is 18.7. The standard InChI is InChI=1S/C41H60ClN3O/c1-25-15-18-41(36(46)43-21-10-22-45(8)9)20-19-39(6)30(34(41)26(25)2)12-14-33-38(5)24-29-28-23-27(42)11-13-31(28)44-35(29)37(3,4)32(38)16-17-40(33,39)7/h11-13,23,25-26,32-34,44H,10,14-22,24H2,1-9H3,(H,43,46)/t25-,26+,32+,33-,34+,38+,39-,40-,41+/m1/s1. The Hall–Kier alpha value is -1.78. The third kappa shape index (κ3) is 4.36. The molecule has 3 fully saturated rings. The van der Waals surface area contributed by atoms with E-state index in [9.17, 15) is 4.79 Å². The van der Waals surface area contributed by atoms with Crippen molar-refractivity contribution in [3.63, 3.8) is 0 Å². The molecular weight excluding hydrogens is 586 g/mol. The molecule has 252 valence electrons. The van der Waals surface area contributed by atoms with Crippen molar-refractivity contribution in [1.29, 1.82) is 0 Å². The van der Waals surface area contributed by atoms with E-state index in [1.165, 1.54) is 41.4 Å². The van der Waals surface area contributed by atoms with Crippen LogP contribution in [0.5, 0.6) is 0 Å². The van der Waals surface area contributed by atoms with Gasteiger partial charge in [-0.05, 0) is 148 Å². The third-order valence-corrected chi connectivity index (χ3v) is 16.0. The number of hydrogen-bond donors (Lipinski definition) is 2. The monoisotopic (exact) mass is 645 g/mol. The second kappa shape index (κ2) is 10.9. The van der Waals surface area contributed by atoms with Crippen molar-refractivity contribution in [2.24, 2.45) is 51.2 Å². The fourth-order valence-corrected chi connectivity index (χ4v) is 13.1. The van der Waals surface area contributed by atoms with E-state index in [4.69, 9.17) is 11.6 Å². The molecule has 46 heavy (non-hydrogen) atoms. The van der Waals surface area contributed by atoms with E-state index >= 15 is 0 Å². The number of benzene rings is 1. The van der Waals surface area contributed by atoms with Crippen molar-refractivity contribution in [1.82, 2.24) is 15.2 Å². The lowest BCUT2D eigenvalue weighted by Gasteiger charge is -2.71. The lowest BCUT2D eigenvalue weighted by Crippen LogP contribution is -2.65. The van der Waals surface area contributed by atoms with Crippen LogP contribution in [0.1, 0.15) is 111 Å². The number of carbonyl (C=O) groups is 1. The highest BCUT2D eigenvalue weighted by atomic mass is 35.5. The number of aromatic nitrogens is 1. The molecule has 0 saturated heterocycles. The topological polar surface area (TPSA) is 48.1 Å². The van der Waals surface area contributed by atoms with E-state index in [2.05, 4.69) is 96.0 Å². The van der Waals surface area contributed by atoms with Crippen LogP contribution in [-0.4, -0.2) is 43.0 Å². The molecule has 5 aliphatic carbocycles. The highest BCUT2D eigenvalue weighted by Gasteiger charge is 2.69. The van der Waals surface area contributed by atoms with E-state index in [1.54, 1.807) is 5.57 Å². The minimum atomic E-state index is -0.259. The molecule has 5 heteroatoms. The summed E-state index contributed by atoms with van der Waals surface area (Å²) in [5.41, 5.74) is 6.16. The number of aromatic amines is 1. The number of allylic oxidation sites excluding steroid dienone is 2. The van der Waals surface area contributed by atoms with Crippen molar-refractivity contribution >= 4 is 28.4 Å². The van der Waals surface area contributed by atoms with Crippen LogP contribution in [0.25, 0.3) is 10.9 Å². The quantitative estimate of drug-likeness (QED) is 0.251. The van der Waals surface area contributed by atoms with E-state index in [1.807, 2.05) is 6.07 Å². The Kier molecular flexibility index (Phi) is 7.73. The molecule has 1 heterocycles. The fourth-order valence-electron chi connectivity index (χ4n) is 13.0. The highest BCUT2D eigenvalue weighted by molar-refractivity contribution is 6.31. The summed E-state index contributed by atoms with van der Waals surface area (Å²) in [4.78, 5) is 20.5. The zero-order valence-electron chi connectivity index (χ0n) is 30.2. The van der Waals surface area contributed by atoms with Gasteiger partial charge in [0.2, 0.25) is 5.91 Å². The molecule has 0 radical (unpaired) electrons. The molecule has 0 unspecified atom stereocenters. The Morgan fingerprint density at radius 3 is 2.52 bits per heavy atom. The average molecular weight is 646 g/mol. The molecule has 2 N–H and O–H groups in total. The van der Waals surface area contributed by atoms with Gasteiger partial charge < -0.3 is 15.2 Å². The van der Waals surface area contributed by atoms with Crippen LogP contribution in [0.15, 0.2) is 29.8 Å². The van der Waals surface area contributed by atoms with E-state index in [-0.39, 0.29) is 27.1 Å². The fraction of sp³-hybridized carbons (Fsp3) is 0.732. The van der Waals surface area contributed by atoms with Crippen molar-refractivity contribution in [2.45, 2.75) is 112 Å². The second-order valence-electron chi connectivity index (χ2n) is 18.3. The van der Waals surface area contributed by atoms with Gasteiger partial charge in [-0.2, -0.15) is 0 Å². The molecule has 0 spiro atoms. The molecule has 1 aromatic carbocycles. The first-order chi connectivity index (χ1) is 21.6. The Labute approximate surface area is 283 Å². The van der Waals surface area contributed by atoms with Gasteiger partial charge in [-0.25, -0.2) is 0 Å². The van der Waals surface area contributed by atoms with Gasteiger partial charge >= 0.3 is 0 Å². The van der Waals surface area contributed by atoms with Gasteiger partial charge in [0.15, 0.2) is 0 Å². The van der Waals surface area contributed by atoms with Gasteiger partial charge in [-0.1, -0.05) is 71.7 Å². The first-order valence-corrected chi connectivity index (χ1v) is 18.9. The van der Waals surface area contributed by atoms with E-state index in [0.29, 0.717) is 35.5 Å². The summed E-state index contributed by atoms with van der Waals surface area (Å²) in [6.07, 6.45) is 12.9. The predicted octanol–water partition coefficient (Wildman–Crippen LogP) is 9.56. The van der Waals surface area contributed by atoms with Crippen LogP contribution in [-0.2, 0) is 16.6 Å². The lowest BCUT2D eigenvalue weighted by molar-refractivity contribution is -0.169. The van der Waals surface area contributed by atoms with Gasteiger partial charge in [0.05, 0.1) is 5.41 Å². The number of nitrogens with zero attached hydrogens (tertiary/aromatic N) is 1. The minimum absolute atomic E-state index is 0.0692. The molecule has 0 aliphatic heterocycles. The molecule has 4 nitrogen and oxygen atoms in total. The third-order valence-electron chi connectivity index (χ3n) is 15.7. The number of carbonyl (C=O) groups excluding carboxylic acids is 1. The van der Waals surface area contributed by atoms with Crippen LogP contribution in [0, 0.1) is 51.2 Å². The normalized spacial score (nSPS) is 41.1. The van der Waals surface area contributed by atoms with E-state index < -0.39 is 0 Å². The van der Waals surface area contributed by atoms with Gasteiger partial charge in [0.1, 0.15) is 0 Å². The Bertz CT molecular complexity index is 1570. The lowest BCUT2D eigenvalue weighted by atomic mass is 9.33. The smallest absolute Gasteiger partial charge is 0.226 e. The molecule has 9 atom stereocenters. The Balaban J connectivity index is 1.28. The molecule has 1 aromatic heterocycles. The molecular formula is C41H60ClN3O. The number of halogens is 1. The van der Waals surface area contributed by atoms with Crippen molar-refractivity contribution in [2.75, 3.05) is 27.2 Å². The number of nitrogens with one attached hydrogen (secondary N) is 2. The molecule has 3 saturated carbocycles. The zero-order chi connectivity index (χ0) is 33.0. The average Bonchev–Trinajstić information content (AvgIpc) is 3.35. The first kappa shape index (κ1) is 32.8. The summed E-state index contributed by atoms with van der Waals surface area (Å²) in [5, 5.41) is 5.63. The van der Waals surface area contributed by atoms with Gasteiger partial charge in [-0.3, -0.25) is 4.79 Å². The first-order valence-electron chi connectivity index (χ1n) is 18.5. The summed E-state index contributed by atoms with van der Waals surface area (Å²) in [6.45, 7) is 19.7. The molecule has 0 bridgehead atoms. The number of H-pyrrole nitrogens is 1. The number of amides is 1. The van der Waals surface area contributed by atoms with Crippen LogP contribution in [0.4, 0.5) is 0 Å². The summed E-state index contributed by atoms with van der Waals surface area (Å²) >= 11 is 6.60. The van der Waals surface area contributed by atoms with Crippen molar-refractivity contribution in [3.8, 4) is 0 Å². The molecule has 2 aromatic rings. The molecule has 5 aliphatic rings. The zero-order valence-corrected chi connectivity index (χ0v) is 31.0. The number of hydrogen-bond acceptors (Lipinski definition) is 2. The van der Waals surface area contributed by atoms with Gasteiger partial charge in [-0.15, -0.1) is 0 Å². The SMILES string of the molecule is C[C@H]1[C@H](C)CC[C@]2(C(=O)NCCCN(C)C)CC[C@]3(C)C(=CC[C@@H]4[C@@]5(C)Cc6c([nH]c7ccc(Cl)cc67)C(C)(C)[C@@H]5CC[C@]43C)[C@H]12. The van der Waals surface area contributed by atoms with Crippen molar-refractivity contribution < 1.29 is 4.79 Å². The predicted molar refractivity (Wildman–Crippen MR) is 192 cm³/mol. The maximum absolute atomic E-state index is 14.4. The molecule has 1 amide bonds. The van der Waals surface area contributed by atoms with Crippen molar-refractivity contribution in [3.05, 3.63) is 46.1 Å². The summed E-state index contributed by atoms with van der Waals surface area (Å²) in [5.74, 6) is 3.08. The summed E-state index contributed by atoms with van der Waals surface area (Å²) in [7, 11) is 4.23. The van der Waals surface area contributed by atoms with Gasteiger partial charge in [0.25, 0.3) is 0 Å². The largest absolute Gasteiger partial charge is 0.358 e. The summed E-state index contributed by atoms with van der Waals surface area (Å²) in [6, 6.07) is 6.41. The van der Waals surface area contributed by atoms with Crippen LogP contribution in [0.2, 0.25) is 5.02 Å². The Morgan fingerprint density at radius 2 is 1.78 bits per heavy atom. The van der Waals surface area contributed by atoms with E-state index in [0.717, 1.165) is 56.6 Å². The highest BCUT2D eigenvalue weighted by Crippen LogP contribution is 2.75. The number of fused-ring (bicyclic) bond motifs is 10. The van der Waals surface area contributed by atoms with Gasteiger partial charge in [0, 0.05) is 33.6 Å². The molecule has 7 rings (SSSR count). The maximum Gasteiger partial charge on any atom is 0.226 e. The Morgan fingerprint density at radius 1 is 1.02 bits per heavy atom. The summed E-state index contributed by atoms with van der Waals surface area (Å²) < 4.78 is 0. The number of rotatable bonds is 5. The van der Waals surface area contributed by atoms with Crippen LogP contribution >= 0.6 is 11.6 Å².